The summed E-state index contributed by atoms with van der Waals surface area (Å²) in [7, 11) is 0. The van der Waals surface area contributed by atoms with Gasteiger partial charge in [-0.05, 0) is 42.9 Å². The van der Waals surface area contributed by atoms with E-state index in [9.17, 15) is 4.57 Å². The van der Waals surface area contributed by atoms with Crippen molar-refractivity contribution in [3.63, 3.8) is 0 Å². The maximum atomic E-state index is 12.8. The van der Waals surface area contributed by atoms with Crippen molar-refractivity contribution in [2.75, 3.05) is 6.61 Å². The number of aryl methyl sites for hydroxylation is 1. The standard InChI is InChI=1S/C16H19O3PS/c1-3-18-20(17,19-16-10-5-4-6-11-16)21-13-15-9-7-8-14(2)12-15/h4-12H,3,13H2,1-2H3. The van der Waals surface area contributed by atoms with Crippen molar-refractivity contribution in [1.82, 2.24) is 0 Å². The Balaban J connectivity index is 2.05. The SMILES string of the molecule is CCOP(=O)(Oc1ccccc1)SCc1cccc(C)c1. The first-order valence-corrected chi connectivity index (χ1v) is 9.94. The van der Waals surface area contributed by atoms with Crippen LogP contribution in [0.15, 0.2) is 54.6 Å². The quantitative estimate of drug-likeness (QED) is 0.635. The average Bonchev–Trinajstić information content (AvgIpc) is 2.47. The lowest BCUT2D eigenvalue weighted by molar-refractivity contribution is 0.296. The molecule has 5 heteroatoms. The van der Waals surface area contributed by atoms with Crippen LogP contribution in [0.4, 0.5) is 0 Å². The van der Waals surface area contributed by atoms with E-state index < -0.39 is 6.80 Å². The zero-order chi connectivity index (χ0) is 15.1. The normalized spacial score (nSPS) is 13.6. The van der Waals surface area contributed by atoms with Gasteiger partial charge < -0.3 is 4.52 Å². The van der Waals surface area contributed by atoms with Crippen molar-refractivity contribution >= 4 is 18.2 Å². The largest absolute Gasteiger partial charge is 0.440 e. The molecule has 0 saturated heterocycles. The van der Waals surface area contributed by atoms with Crippen molar-refractivity contribution in [3.8, 4) is 5.75 Å². The molecule has 0 saturated carbocycles. The van der Waals surface area contributed by atoms with E-state index in [4.69, 9.17) is 9.05 Å². The molecule has 112 valence electrons. The maximum Gasteiger partial charge on any atom is 0.440 e. The Kier molecular flexibility index (Phi) is 5.92. The van der Waals surface area contributed by atoms with Crippen molar-refractivity contribution < 1.29 is 13.6 Å². The minimum Gasteiger partial charge on any atom is -0.417 e. The Morgan fingerprint density at radius 1 is 1.10 bits per heavy atom. The molecule has 0 spiro atoms. The van der Waals surface area contributed by atoms with Gasteiger partial charge in [-0.15, -0.1) is 0 Å². The second kappa shape index (κ2) is 7.69. The van der Waals surface area contributed by atoms with Crippen LogP contribution >= 0.6 is 18.2 Å². The van der Waals surface area contributed by atoms with Crippen molar-refractivity contribution in [2.24, 2.45) is 0 Å². The fourth-order valence-electron chi connectivity index (χ4n) is 1.81. The van der Waals surface area contributed by atoms with Crippen LogP contribution in [0.5, 0.6) is 5.75 Å². The third kappa shape index (κ3) is 5.24. The highest BCUT2D eigenvalue weighted by Gasteiger charge is 2.26. The summed E-state index contributed by atoms with van der Waals surface area (Å²) in [6, 6.07) is 17.3. The van der Waals surface area contributed by atoms with E-state index in [-0.39, 0.29) is 0 Å². The van der Waals surface area contributed by atoms with Crippen LogP contribution in [0.1, 0.15) is 18.1 Å². The monoisotopic (exact) mass is 322 g/mol. The second-order valence-electron chi connectivity index (χ2n) is 4.53. The molecule has 1 unspecified atom stereocenters. The molecule has 0 aliphatic carbocycles. The molecule has 2 aromatic carbocycles. The fraction of sp³-hybridized carbons (Fsp3) is 0.250. The predicted octanol–water partition coefficient (Wildman–Crippen LogP) is 5.45. The highest BCUT2D eigenvalue weighted by Crippen LogP contribution is 2.61. The number of hydrogen-bond acceptors (Lipinski definition) is 4. The van der Waals surface area contributed by atoms with Gasteiger partial charge in [0.2, 0.25) is 0 Å². The van der Waals surface area contributed by atoms with E-state index in [2.05, 4.69) is 6.07 Å². The van der Waals surface area contributed by atoms with E-state index in [0.717, 1.165) is 5.56 Å². The summed E-state index contributed by atoms with van der Waals surface area (Å²) < 4.78 is 23.7. The summed E-state index contributed by atoms with van der Waals surface area (Å²) in [5.74, 6) is 1.15. The molecule has 0 N–H and O–H groups in total. The van der Waals surface area contributed by atoms with E-state index in [0.29, 0.717) is 18.1 Å². The van der Waals surface area contributed by atoms with Gasteiger partial charge in [0.25, 0.3) is 0 Å². The molecule has 0 aromatic heterocycles. The smallest absolute Gasteiger partial charge is 0.417 e. The van der Waals surface area contributed by atoms with Crippen molar-refractivity contribution in [1.29, 1.82) is 0 Å². The molecular formula is C16H19O3PS. The van der Waals surface area contributed by atoms with Crippen LogP contribution < -0.4 is 4.52 Å². The average molecular weight is 322 g/mol. The Bertz CT molecular complexity index is 616. The zero-order valence-corrected chi connectivity index (χ0v) is 13.9. The topological polar surface area (TPSA) is 35.5 Å². The summed E-state index contributed by atoms with van der Waals surface area (Å²) in [6.45, 7) is 0.999. The molecule has 0 heterocycles. The van der Waals surface area contributed by atoms with Crippen LogP contribution in [0.3, 0.4) is 0 Å². The number of hydrogen-bond donors (Lipinski definition) is 0. The molecule has 21 heavy (non-hydrogen) atoms. The van der Waals surface area contributed by atoms with E-state index >= 15 is 0 Å². The van der Waals surface area contributed by atoms with E-state index in [1.165, 1.54) is 16.9 Å². The number of benzene rings is 2. The van der Waals surface area contributed by atoms with Crippen LogP contribution in [0.25, 0.3) is 0 Å². The third-order valence-corrected chi connectivity index (χ3v) is 6.38. The molecule has 0 fully saturated rings. The van der Waals surface area contributed by atoms with Gasteiger partial charge in [-0.3, -0.25) is 4.52 Å². The first-order chi connectivity index (χ1) is 10.1. The van der Waals surface area contributed by atoms with Crippen LogP contribution in [-0.4, -0.2) is 6.61 Å². The highest BCUT2D eigenvalue weighted by atomic mass is 32.7. The first kappa shape index (κ1) is 16.2. The molecule has 2 aromatic rings. The lowest BCUT2D eigenvalue weighted by Crippen LogP contribution is -1.96. The minimum absolute atomic E-state index is 0.352. The van der Waals surface area contributed by atoms with E-state index in [1.54, 1.807) is 12.1 Å². The molecule has 0 bridgehead atoms. The summed E-state index contributed by atoms with van der Waals surface area (Å²) in [5, 5.41) is 0. The summed E-state index contributed by atoms with van der Waals surface area (Å²) in [5.41, 5.74) is 2.29. The third-order valence-electron chi connectivity index (χ3n) is 2.72. The fourth-order valence-corrected chi connectivity index (χ4v) is 5.05. The van der Waals surface area contributed by atoms with Gasteiger partial charge in [0, 0.05) is 5.75 Å². The minimum atomic E-state index is -3.21. The second-order valence-corrected chi connectivity index (χ2v) is 8.53. The zero-order valence-electron chi connectivity index (χ0n) is 12.2. The van der Waals surface area contributed by atoms with Gasteiger partial charge in [-0.1, -0.05) is 48.0 Å². The van der Waals surface area contributed by atoms with Crippen LogP contribution in [0.2, 0.25) is 0 Å². The Morgan fingerprint density at radius 2 is 1.86 bits per heavy atom. The molecule has 3 nitrogen and oxygen atoms in total. The van der Waals surface area contributed by atoms with Gasteiger partial charge in [0.15, 0.2) is 0 Å². The van der Waals surface area contributed by atoms with Gasteiger partial charge in [0.05, 0.1) is 6.61 Å². The van der Waals surface area contributed by atoms with Crippen LogP contribution in [0, 0.1) is 6.92 Å². The highest BCUT2D eigenvalue weighted by molar-refractivity contribution is 8.54. The van der Waals surface area contributed by atoms with Crippen LogP contribution in [-0.2, 0) is 14.8 Å². The summed E-state index contributed by atoms with van der Waals surface area (Å²) in [6.07, 6.45) is 0. The summed E-state index contributed by atoms with van der Waals surface area (Å²) >= 11 is 1.22. The molecule has 1 atom stereocenters. The summed E-state index contributed by atoms with van der Waals surface area (Å²) in [4.78, 5) is 0. The Labute approximate surface area is 130 Å². The Hall–Kier alpha value is -1.22. The molecule has 0 aliphatic heterocycles. The molecular weight excluding hydrogens is 303 g/mol. The lowest BCUT2D eigenvalue weighted by Gasteiger charge is -2.17. The van der Waals surface area contributed by atoms with Crippen molar-refractivity contribution in [3.05, 3.63) is 65.7 Å². The molecule has 2 rings (SSSR count). The lowest BCUT2D eigenvalue weighted by atomic mass is 10.2. The Morgan fingerprint density at radius 3 is 2.52 bits per heavy atom. The molecule has 0 amide bonds. The van der Waals surface area contributed by atoms with Gasteiger partial charge in [-0.2, -0.15) is 0 Å². The number of rotatable bonds is 7. The maximum absolute atomic E-state index is 12.8. The number of para-hydroxylation sites is 1. The van der Waals surface area contributed by atoms with Gasteiger partial charge in [-0.25, -0.2) is 4.57 Å². The van der Waals surface area contributed by atoms with Gasteiger partial charge in [0.1, 0.15) is 5.75 Å². The predicted molar refractivity (Wildman–Crippen MR) is 88.8 cm³/mol. The van der Waals surface area contributed by atoms with Crippen molar-refractivity contribution in [2.45, 2.75) is 19.6 Å². The molecule has 0 radical (unpaired) electrons. The van der Waals surface area contributed by atoms with E-state index in [1.807, 2.05) is 50.2 Å². The first-order valence-electron chi connectivity index (χ1n) is 6.80. The van der Waals surface area contributed by atoms with Gasteiger partial charge >= 0.3 is 6.80 Å². The molecule has 0 aliphatic rings.